The van der Waals surface area contributed by atoms with Gasteiger partial charge in [-0.05, 0) is 12.1 Å². The van der Waals surface area contributed by atoms with Gasteiger partial charge in [-0.2, -0.15) is 5.10 Å². The fourth-order valence-electron chi connectivity index (χ4n) is 3.40. The van der Waals surface area contributed by atoms with Crippen molar-refractivity contribution in [3.8, 4) is 5.75 Å². The second-order valence-electron chi connectivity index (χ2n) is 6.29. The highest BCUT2D eigenvalue weighted by Crippen LogP contribution is 2.46. The van der Waals surface area contributed by atoms with Crippen molar-refractivity contribution in [2.45, 2.75) is 23.8 Å². The van der Waals surface area contributed by atoms with E-state index >= 15 is 0 Å². The highest BCUT2D eigenvalue weighted by molar-refractivity contribution is 8.01. The average molecular weight is 316 g/mol. The molecule has 0 radical (unpaired) electrons. The molecule has 2 aliphatic rings. The smallest absolute Gasteiger partial charge is 0.138 e. The Balaban J connectivity index is 1.29. The Hall–Kier alpha value is -1.53. The first-order valence-corrected chi connectivity index (χ1v) is 8.60. The van der Waals surface area contributed by atoms with Gasteiger partial charge in [0.2, 0.25) is 0 Å². The number of aryl methyl sites for hydroxylation is 1. The van der Waals surface area contributed by atoms with Crippen LogP contribution < -0.4 is 4.74 Å². The van der Waals surface area contributed by atoms with E-state index in [1.165, 1.54) is 5.56 Å². The van der Waals surface area contributed by atoms with E-state index in [0.717, 1.165) is 37.6 Å². The van der Waals surface area contributed by atoms with Crippen LogP contribution in [0.5, 0.6) is 5.75 Å². The molecule has 0 aliphatic carbocycles. The minimum absolute atomic E-state index is 0.315. The zero-order valence-electron chi connectivity index (χ0n) is 12.7. The van der Waals surface area contributed by atoms with Crippen LogP contribution in [0.25, 0.3) is 0 Å². The highest BCUT2D eigenvalue weighted by Gasteiger charge is 2.49. The highest BCUT2D eigenvalue weighted by atomic mass is 32.2. The average Bonchev–Trinajstić information content (AvgIpc) is 3.07. The fraction of sp³-hybridized carbons (Fsp3) is 0.500. The molecule has 0 amide bonds. The third-order valence-corrected chi connectivity index (χ3v) is 5.88. The first-order chi connectivity index (χ1) is 10.7. The Kier molecular flexibility index (Phi) is 3.58. The van der Waals surface area contributed by atoms with E-state index in [1.807, 2.05) is 30.1 Å². The lowest BCUT2D eigenvalue weighted by atomic mass is 9.92. The quantitative estimate of drug-likeness (QED) is 0.862. The summed E-state index contributed by atoms with van der Waals surface area (Å²) in [4.78, 5) is 6.61. The monoisotopic (exact) mass is 316 g/mol. The number of thioether (sulfide) groups is 1. The molecule has 4 rings (SSSR count). The van der Waals surface area contributed by atoms with Gasteiger partial charge in [0, 0.05) is 61.6 Å². The first-order valence-electron chi connectivity index (χ1n) is 7.61. The van der Waals surface area contributed by atoms with Gasteiger partial charge in [0.05, 0.1) is 12.4 Å². The number of aromatic nitrogens is 3. The van der Waals surface area contributed by atoms with Crippen molar-refractivity contribution in [1.82, 2.24) is 19.7 Å². The van der Waals surface area contributed by atoms with Crippen molar-refractivity contribution in [3.05, 3.63) is 42.5 Å². The lowest BCUT2D eigenvalue weighted by Crippen LogP contribution is -2.58. The zero-order valence-corrected chi connectivity index (χ0v) is 13.5. The van der Waals surface area contributed by atoms with Gasteiger partial charge in [-0.25, -0.2) is 0 Å². The molecule has 116 valence electrons. The molecule has 2 saturated heterocycles. The van der Waals surface area contributed by atoms with Crippen LogP contribution in [0, 0.1) is 0 Å². The molecule has 0 saturated carbocycles. The molecule has 2 fully saturated rings. The van der Waals surface area contributed by atoms with Crippen molar-refractivity contribution in [2.24, 2.45) is 7.05 Å². The molecule has 2 aromatic heterocycles. The van der Waals surface area contributed by atoms with Crippen LogP contribution in [0.3, 0.4) is 0 Å². The van der Waals surface area contributed by atoms with Gasteiger partial charge in [-0.1, -0.05) is 0 Å². The summed E-state index contributed by atoms with van der Waals surface area (Å²) in [5.74, 6) is 1.96. The van der Waals surface area contributed by atoms with Gasteiger partial charge in [0.1, 0.15) is 11.9 Å². The Labute approximate surface area is 134 Å². The summed E-state index contributed by atoms with van der Waals surface area (Å²) in [5, 5.41) is 4.23. The molecule has 0 unspecified atom stereocenters. The van der Waals surface area contributed by atoms with E-state index in [2.05, 4.69) is 32.9 Å². The first kappa shape index (κ1) is 14.1. The van der Waals surface area contributed by atoms with E-state index < -0.39 is 0 Å². The minimum atomic E-state index is 0.315. The predicted molar refractivity (Wildman–Crippen MR) is 86.9 cm³/mol. The van der Waals surface area contributed by atoms with Crippen LogP contribution in [0.1, 0.15) is 12.0 Å². The van der Waals surface area contributed by atoms with E-state index in [-0.39, 0.29) is 0 Å². The van der Waals surface area contributed by atoms with Crippen LogP contribution in [0.4, 0.5) is 0 Å². The fourth-order valence-corrected chi connectivity index (χ4v) is 4.98. The number of nitrogens with zero attached hydrogens (tertiary/aromatic N) is 4. The van der Waals surface area contributed by atoms with Gasteiger partial charge >= 0.3 is 0 Å². The summed E-state index contributed by atoms with van der Waals surface area (Å²) in [6, 6.07) is 3.91. The van der Waals surface area contributed by atoms with Gasteiger partial charge in [-0.3, -0.25) is 14.6 Å². The number of hydrogen-bond donors (Lipinski definition) is 0. The standard InChI is InChI=1S/C16H20N4OS/c1-19-8-13(6-18-19)9-20-11-16(12-20)5-15(10-22-16)21-14-3-2-4-17-7-14/h2-4,6-8,15H,5,9-12H2,1H3/t15-/m0/s1. The molecule has 0 aromatic carbocycles. The third kappa shape index (κ3) is 2.85. The van der Waals surface area contributed by atoms with Crippen LogP contribution in [0.2, 0.25) is 0 Å². The summed E-state index contributed by atoms with van der Waals surface area (Å²) < 4.78 is 8.31. The Bertz CT molecular complexity index is 639. The number of hydrogen-bond acceptors (Lipinski definition) is 5. The van der Waals surface area contributed by atoms with Crippen molar-refractivity contribution >= 4 is 11.8 Å². The molecule has 0 bridgehead atoms. The Morgan fingerprint density at radius 2 is 2.32 bits per heavy atom. The molecule has 4 heterocycles. The lowest BCUT2D eigenvalue weighted by Gasteiger charge is -2.47. The number of likely N-dealkylation sites (tertiary alicyclic amines) is 1. The van der Waals surface area contributed by atoms with E-state index in [0.29, 0.717) is 10.9 Å². The van der Waals surface area contributed by atoms with Crippen LogP contribution in [-0.2, 0) is 13.6 Å². The van der Waals surface area contributed by atoms with Gasteiger partial charge in [-0.15, -0.1) is 11.8 Å². The van der Waals surface area contributed by atoms with Gasteiger partial charge in [0.15, 0.2) is 0 Å². The normalized spacial score (nSPS) is 23.6. The van der Waals surface area contributed by atoms with E-state index in [1.54, 1.807) is 12.4 Å². The number of pyridine rings is 1. The molecule has 2 aliphatic heterocycles. The lowest BCUT2D eigenvalue weighted by molar-refractivity contribution is 0.0920. The molecule has 1 spiro atoms. The zero-order chi connectivity index (χ0) is 15.0. The molecule has 6 heteroatoms. The maximum atomic E-state index is 6.05. The van der Waals surface area contributed by atoms with Crippen molar-refractivity contribution in [2.75, 3.05) is 18.8 Å². The predicted octanol–water partition coefficient (Wildman–Crippen LogP) is 1.95. The molecule has 0 N–H and O–H groups in total. The summed E-state index contributed by atoms with van der Waals surface area (Å²) in [6.07, 6.45) is 9.08. The van der Waals surface area contributed by atoms with E-state index in [9.17, 15) is 0 Å². The Morgan fingerprint density at radius 3 is 3.05 bits per heavy atom. The maximum absolute atomic E-state index is 6.05. The van der Waals surface area contributed by atoms with E-state index in [4.69, 9.17) is 4.74 Å². The summed E-state index contributed by atoms with van der Waals surface area (Å²) in [5.41, 5.74) is 1.29. The van der Waals surface area contributed by atoms with Crippen molar-refractivity contribution in [3.63, 3.8) is 0 Å². The summed E-state index contributed by atoms with van der Waals surface area (Å²) >= 11 is 2.07. The minimum Gasteiger partial charge on any atom is -0.488 e. The molecule has 2 aromatic rings. The molecular weight excluding hydrogens is 296 g/mol. The third-order valence-electron chi connectivity index (χ3n) is 4.30. The van der Waals surface area contributed by atoms with Gasteiger partial charge in [0.25, 0.3) is 0 Å². The SMILES string of the molecule is Cn1cc(CN2CC3(C[C@H](Oc4cccnc4)CS3)C2)cn1. The molecule has 22 heavy (non-hydrogen) atoms. The number of ether oxygens (including phenoxy) is 1. The van der Waals surface area contributed by atoms with Gasteiger partial charge < -0.3 is 4.74 Å². The van der Waals surface area contributed by atoms with Crippen LogP contribution in [0.15, 0.2) is 36.9 Å². The second kappa shape index (κ2) is 5.59. The van der Waals surface area contributed by atoms with Crippen molar-refractivity contribution < 1.29 is 4.74 Å². The second-order valence-corrected chi connectivity index (χ2v) is 7.78. The largest absolute Gasteiger partial charge is 0.488 e. The molecule has 5 nitrogen and oxygen atoms in total. The summed E-state index contributed by atoms with van der Waals surface area (Å²) in [6.45, 7) is 3.31. The van der Waals surface area contributed by atoms with Crippen molar-refractivity contribution in [1.29, 1.82) is 0 Å². The Morgan fingerprint density at radius 1 is 1.41 bits per heavy atom. The maximum Gasteiger partial charge on any atom is 0.138 e. The molecule has 1 atom stereocenters. The van der Waals surface area contributed by atoms with Crippen LogP contribution >= 0.6 is 11.8 Å². The number of rotatable bonds is 4. The summed E-state index contributed by atoms with van der Waals surface area (Å²) in [7, 11) is 1.97. The molecular formula is C16H20N4OS. The topological polar surface area (TPSA) is 43.2 Å². The van der Waals surface area contributed by atoms with Crippen LogP contribution in [-0.4, -0.2) is 49.4 Å².